The normalized spacial score (nSPS) is 28.8. The van der Waals surface area contributed by atoms with E-state index in [4.69, 9.17) is 9.47 Å². The number of ketones is 1. The Morgan fingerprint density at radius 1 is 0.960 bits per heavy atom. The second-order valence-corrected chi connectivity index (χ2v) is 15.6. The van der Waals surface area contributed by atoms with Gasteiger partial charge in [0.1, 0.15) is 6.10 Å². The maximum atomic E-state index is 14.4. The summed E-state index contributed by atoms with van der Waals surface area (Å²) in [6.07, 6.45) is 9.94. The predicted molar refractivity (Wildman–Crippen MR) is 194 cm³/mol. The number of unbranched alkanes of at least 4 members (excludes halogenated alkanes) is 2. The third-order valence-corrected chi connectivity index (χ3v) is 12.8. The van der Waals surface area contributed by atoms with E-state index >= 15 is 0 Å². The Labute approximate surface area is 297 Å². The van der Waals surface area contributed by atoms with Crippen molar-refractivity contribution in [2.45, 2.75) is 107 Å². The van der Waals surface area contributed by atoms with Gasteiger partial charge in [-0.05, 0) is 93.9 Å². The fraction of sp³-hybridized carbons (Fsp3) is 0.535. The minimum absolute atomic E-state index is 0.0121. The van der Waals surface area contributed by atoms with Crippen LogP contribution in [0.4, 0.5) is 0 Å². The van der Waals surface area contributed by atoms with E-state index in [0.29, 0.717) is 43.6 Å². The molecule has 264 valence electrons. The minimum Gasteiger partial charge on any atom is -0.493 e. The van der Waals surface area contributed by atoms with Gasteiger partial charge in [0.25, 0.3) is 0 Å². The first-order valence-corrected chi connectivity index (χ1v) is 19.2. The Morgan fingerprint density at radius 3 is 2.48 bits per heavy atom. The van der Waals surface area contributed by atoms with Crippen LogP contribution in [0.3, 0.4) is 0 Å². The molecule has 2 aliphatic heterocycles. The zero-order valence-electron chi connectivity index (χ0n) is 29.5. The molecule has 3 fully saturated rings. The van der Waals surface area contributed by atoms with Crippen molar-refractivity contribution < 1.29 is 24.2 Å². The summed E-state index contributed by atoms with van der Waals surface area (Å²) in [7, 11) is 1.73. The number of aryl methyl sites for hydroxylation is 1. The van der Waals surface area contributed by atoms with Gasteiger partial charge in [-0.15, -0.1) is 0 Å². The average molecular weight is 677 g/mol. The molecule has 3 aromatic carbocycles. The monoisotopic (exact) mass is 676 g/mol. The number of rotatable bonds is 15. The average Bonchev–Trinajstić information content (AvgIpc) is 3.73. The summed E-state index contributed by atoms with van der Waals surface area (Å²) in [6, 6.07) is 24.8. The molecular formula is C43H52N2O5. The van der Waals surface area contributed by atoms with E-state index in [1.54, 1.807) is 7.11 Å². The van der Waals surface area contributed by atoms with Gasteiger partial charge in [-0.1, -0.05) is 66.7 Å². The van der Waals surface area contributed by atoms with Crippen LogP contribution in [0.2, 0.25) is 0 Å². The molecule has 5 aliphatic rings. The zero-order valence-corrected chi connectivity index (χ0v) is 29.5. The Hall–Kier alpha value is -3.68. The van der Waals surface area contributed by atoms with E-state index in [1.807, 2.05) is 30.3 Å². The fourth-order valence-electron chi connectivity index (χ4n) is 10.2. The number of likely N-dealkylation sites (tertiary alicyclic amines) is 1. The molecule has 2 unspecified atom stereocenters. The molecule has 2 heterocycles. The van der Waals surface area contributed by atoms with Crippen molar-refractivity contribution in [1.82, 2.24) is 9.80 Å². The van der Waals surface area contributed by atoms with E-state index in [9.17, 15) is 14.7 Å². The summed E-state index contributed by atoms with van der Waals surface area (Å²) >= 11 is 0. The first-order valence-electron chi connectivity index (χ1n) is 19.2. The molecule has 3 aliphatic carbocycles. The van der Waals surface area contributed by atoms with Crippen LogP contribution in [-0.4, -0.2) is 77.6 Å². The number of hydrogen-bond donors (Lipinski definition) is 1. The van der Waals surface area contributed by atoms with Crippen molar-refractivity contribution in [3.63, 3.8) is 0 Å². The number of nitrogens with zero attached hydrogens (tertiary/aromatic N) is 2. The molecule has 8 rings (SSSR count). The summed E-state index contributed by atoms with van der Waals surface area (Å²) in [5.74, 6) is 2.90. The van der Waals surface area contributed by atoms with Crippen molar-refractivity contribution in [3.05, 3.63) is 95.1 Å². The van der Waals surface area contributed by atoms with Gasteiger partial charge >= 0.3 is 0 Å². The van der Waals surface area contributed by atoms with Gasteiger partial charge < -0.3 is 19.5 Å². The first kappa shape index (κ1) is 33.5. The van der Waals surface area contributed by atoms with Crippen molar-refractivity contribution >= 4 is 11.7 Å². The van der Waals surface area contributed by atoms with Crippen LogP contribution in [0.5, 0.6) is 11.5 Å². The second kappa shape index (κ2) is 14.1. The number of methoxy groups -OCH3 is 1. The number of aliphatic hydroxyl groups is 1. The van der Waals surface area contributed by atoms with Gasteiger partial charge in [-0.25, -0.2) is 0 Å². The van der Waals surface area contributed by atoms with Crippen molar-refractivity contribution in [3.8, 4) is 11.5 Å². The molecule has 0 aromatic heterocycles. The molecule has 1 saturated heterocycles. The Balaban J connectivity index is 1.03. The molecular weight excluding hydrogens is 624 g/mol. The SMILES string of the molecule is COc1ccc2c3c1O[C@H]1[C@@H](N(CCCCc4ccccc4)C(=O)CCCCC(=O)c4ccccc4)CC[C@H]4[C@@H](C2)N(CC2CC2O)CC[C@@]341. The number of carbonyl (C=O) groups excluding carboxylic acids is 2. The van der Waals surface area contributed by atoms with E-state index in [0.717, 1.165) is 88.1 Å². The van der Waals surface area contributed by atoms with Gasteiger partial charge in [0.15, 0.2) is 17.3 Å². The van der Waals surface area contributed by atoms with Crippen LogP contribution in [0.1, 0.15) is 91.3 Å². The quantitative estimate of drug-likeness (QED) is 0.141. The van der Waals surface area contributed by atoms with Crippen molar-refractivity contribution in [1.29, 1.82) is 0 Å². The van der Waals surface area contributed by atoms with Crippen molar-refractivity contribution in [2.24, 2.45) is 11.8 Å². The molecule has 50 heavy (non-hydrogen) atoms. The number of benzene rings is 3. The predicted octanol–water partition coefficient (Wildman–Crippen LogP) is 6.78. The number of piperidine rings is 1. The number of ether oxygens (including phenoxy) is 2. The molecule has 2 bridgehead atoms. The lowest BCUT2D eigenvalue weighted by molar-refractivity contribution is -0.143. The minimum atomic E-state index is -0.145. The standard InChI is InChI=1S/C43H52N2O5/c1-49-38-22-19-31-26-35-33-20-21-34(42-43(33,40(31)41(38)50-42)23-25-44(35)28-32-27-37(32)47)45(24-11-10-14-29-12-4-2-5-13-29)39(48)18-9-8-17-36(46)30-15-6-3-7-16-30/h2-7,12-13,15-16,19,22,32-35,37,42,47H,8-11,14,17-18,20-21,23-28H2,1H3/t32?,33-,34-,35+,37?,42-,43-/m0/s1. The van der Waals surface area contributed by atoms with E-state index < -0.39 is 0 Å². The first-order chi connectivity index (χ1) is 24.5. The molecule has 7 nitrogen and oxygen atoms in total. The fourth-order valence-corrected chi connectivity index (χ4v) is 10.2. The molecule has 7 heteroatoms. The molecule has 7 atom stereocenters. The summed E-state index contributed by atoms with van der Waals surface area (Å²) in [6.45, 7) is 2.69. The smallest absolute Gasteiger partial charge is 0.222 e. The molecule has 1 spiro atoms. The Bertz CT molecular complexity index is 1680. The van der Waals surface area contributed by atoms with Crippen LogP contribution in [0, 0.1) is 11.8 Å². The number of Topliss-reactive ketones (excluding diaryl/α,β-unsaturated/α-hetero) is 1. The topological polar surface area (TPSA) is 79.3 Å². The lowest BCUT2D eigenvalue weighted by Crippen LogP contribution is -2.69. The zero-order chi connectivity index (χ0) is 34.2. The second-order valence-electron chi connectivity index (χ2n) is 15.6. The third kappa shape index (κ3) is 6.15. The van der Waals surface area contributed by atoms with E-state index in [2.05, 4.69) is 52.3 Å². The lowest BCUT2D eigenvalue weighted by Gasteiger charge is -2.60. The molecule has 3 aromatic rings. The van der Waals surface area contributed by atoms with Gasteiger partial charge in [0.05, 0.1) is 19.3 Å². The maximum absolute atomic E-state index is 14.4. The van der Waals surface area contributed by atoms with Gasteiger partial charge in [0.2, 0.25) is 5.91 Å². The Kier molecular flexibility index (Phi) is 9.47. The van der Waals surface area contributed by atoms with Crippen LogP contribution >= 0.6 is 0 Å². The van der Waals surface area contributed by atoms with E-state index in [-0.39, 0.29) is 35.4 Å². The third-order valence-electron chi connectivity index (χ3n) is 12.8. The lowest BCUT2D eigenvalue weighted by atomic mass is 9.51. The number of amides is 1. The highest BCUT2D eigenvalue weighted by Gasteiger charge is 2.67. The Morgan fingerprint density at radius 2 is 1.72 bits per heavy atom. The molecule has 0 radical (unpaired) electrons. The van der Waals surface area contributed by atoms with Crippen molar-refractivity contribution in [2.75, 3.05) is 26.7 Å². The van der Waals surface area contributed by atoms with Gasteiger partial charge in [-0.2, -0.15) is 0 Å². The molecule has 1 N–H and O–H groups in total. The molecule has 1 amide bonds. The largest absolute Gasteiger partial charge is 0.493 e. The summed E-state index contributed by atoms with van der Waals surface area (Å²) in [5.41, 5.74) is 4.66. The number of hydrogen-bond acceptors (Lipinski definition) is 6. The number of carbonyl (C=O) groups is 2. The maximum Gasteiger partial charge on any atom is 0.222 e. The van der Waals surface area contributed by atoms with Crippen LogP contribution in [0.15, 0.2) is 72.8 Å². The van der Waals surface area contributed by atoms with Gasteiger partial charge in [0, 0.05) is 54.4 Å². The van der Waals surface area contributed by atoms with E-state index in [1.165, 1.54) is 16.7 Å². The van der Waals surface area contributed by atoms with Crippen LogP contribution < -0.4 is 9.47 Å². The summed E-state index contributed by atoms with van der Waals surface area (Å²) in [5, 5.41) is 10.2. The van der Waals surface area contributed by atoms with Crippen LogP contribution in [-0.2, 0) is 23.1 Å². The summed E-state index contributed by atoms with van der Waals surface area (Å²) in [4.78, 5) is 32.0. The highest BCUT2D eigenvalue weighted by molar-refractivity contribution is 5.96. The highest BCUT2D eigenvalue weighted by atomic mass is 16.5. The van der Waals surface area contributed by atoms with Crippen LogP contribution in [0.25, 0.3) is 0 Å². The highest BCUT2D eigenvalue weighted by Crippen LogP contribution is 2.64. The summed E-state index contributed by atoms with van der Waals surface area (Å²) < 4.78 is 13.1. The number of aliphatic hydroxyl groups excluding tert-OH is 1. The van der Waals surface area contributed by atoms with Gasteiger partial charge in [-0.3, -0.25) is 14.5 Å². The molecule has 2 saturated carbocycles.